The van der Waals surface area contributed by atoms with E-state index in [9.17, 15) is 9.59 Å². The molecule has 3 aromatic rings. The highest BCUT2D eigenvalue weighted by Gasteiger charge is 2.25. The average molecular weight is 444 g/mol. The topological polar surface area (TPSA) is 94.8 Å². The van der Waals surface area contributed by atoms with E-state index in [0.29, 0.717) is 24.6 Å². The Morgan fingerprint density at radius 2 is 1.70 bits per heavy atom. The number of ether oxygens (including phenoxy) is 2. The molecular weight excluding hydrogens is 418 g/mol. The molecule has 1 fully saturated rings. The van der Waals surface area contributed by atoms with Crippen LogP contribution in [0.5, 0.6) is 23.1 Å². The summed E-state index contributed by atoms with van der Waals surface area (Å²) < 4.78 is 11.6. The molecule has 2 aromatic carbocycles. The maximum absolute atomic E-state index is 12.1. The van der Waals surface area contributed by atoms with Gasteiger partial charge in [-0.15, -0.1) is 0 Å². The van der Waals surface area contributed by atoms with Crippen LogP contribution >= 0.6 is 0 Å². The van der Waals surface area contributed by atoms with Gasteiger partial charge in [0.25, 0.3) is 5.91 Å². The van der Waals surface area contributed by atoms with Crippen LogP contribution in [-0.4, -0.2) is 34.8 Å². The van der Waals surface area contributed by atoms with E-state index in [4.69, 9.17) is 15.2 Å². The predicted molar refractivity (Wildman–Crippen MR) is 125 cm³/mol. The van der Waals surface area contributed by atoms with Gasteiger partial charge in [-0.3, -0.25) is 9.59 Å². The minimum atomic E-state index is -0.627. The number of rotatable bonds is 7. The summed E-state index contributed by atoms with van der Waals surface area (Å²) in [4.78, 5) is 30.3. The summed E-state index contributed by atoms with van der Waals surface area (Å²) in [6.07, 6.45) is 4.76. The zero-order chi connectivity index (χ0) is 23.2. The van der Waals surface area contributed by atoms with Crippen LogP contribution in [0.2, 0.25) is 0 Å². The highest BCUT2D eigenvalue weighted by atomic mass is 16.5. The first-order valence-electron chi connectivity index (χ1n) is 10.8. The van der Waals surface area contributed by atoms with E-state index in [-0.39, 0.29) is 23.3 Å². The fourth-order valence-electron chi connectivity index (χ4n) is 3.84. The van der Waals surface area contributed by atoms with Gasteiger partial charge in [-0.25, -0.2) is 4.98 Å². The van der Waals surface area contributed by atoms with Gasteiger partial charge in [-0.1, -0.05) is 24.8 Å². The third-order valence-corrected chi connectivity index (χ3v) is 5.53. The Morgan fingerprint density at radius 1 is 1.03 bits per heavy atom. The van der Waals surface area contributed by atoms with E-state index < -0.39 is 5.91 Å². The molecule has 0 spiro atoms. The van der Waals surface area contributed by atoms with Crippen molar-refractivity contribution in [1.29, 1.82) is 0 Å². The number of carbonyl (C=O) groups excluding carboxylic acids is 2. The largest absolute Gasteiger partial charge is 0.457 e. The monoisotopic (exact) mass is 443 g/mol. The van der Waals surface area contributed by atoms with Crippen LogP contribution in [0.3, 0.4) is 0 Å². The number of carbonyl (C=O) groups is 2. The number of amides is 2. The van der Waals surface area contributed by atoms with Crippen molar-refractivity contribution < 1.29 is 19.1 Å². The molecular formula is C26H25N3O4. The molecule has 2 heterocycles. The molecule has 1 aliphatic rings. The van der Waals surface area contributed by atoms with Crippen molar-refractivity contribution in [3.8, 4) is 23.1 Å². The molecule has 1 saturated heterocycles. The summed E-state index contributed by atoms with van der Waals surface area (Å²) in [5.41, 5.74) is 6.67. The third kappa shape index (κ3) is 5.38. The van der Waals surface area contributed by atoms with Gasteiger partial charge in [0, 0.05) is 25.2 Å². The fourth-order valence-corrected chi connectivity index (χ4v) is 3.84. The van der Waals surface area contributed by atoms with Crippen LogP contribution in [-0.2, 0) is 4.79 Å². The van der Waals surface area contributed by atoms with Crippen molar-refractivity contribution in [2.24, 2.45) is 5.73 Å². The Morgan fingerprint density at radius 3 is 2.36 bits per heavy atom. The van der Waals surface area contributed by atoms with Crippen LogP contribution in [0.15, 0.2) is 79.5 Å². The standard InChI is InChI=1S/C26H25N3O4/c1-2-24(30)29-14-6-7-18(17-29)19-15-23(25(27)31)26(28-16-19)33-22-12-10-21(11-13-22)32-20-8-4-3-5-9-20/h2-5,8-13,15-16,18H,1,6-7,14,17H2,(H2,27,31). The second-order valence-electron chi connectivity index (χ2n) is 7.80. The molecule has 2 amide bonds. The van der Waals surface area contributed by atoms with Crippen molar-refractivity contribution in [2.45, 2.75) is 18.8 Å². The van der Waals surface area contributed by atoms with E-state index in [1.807, 2.05) is 30.3 Å². The molecule has 168 valence electrons. The number of likely N-dealkylation sites (tertiary alicyclic amines) is 1. The zero-order valence-corrected chi connectivity index (χ0v) is 18.1. The van der Waals surface area contributed by atoms with Gasteiger partial charge in [0.15, 0.2) is 0 Å². The number of piperidine rings is 1. The molecule has 0 bridgehead atoms. The molecule has 1 aromatic heterocycles. The van der Waals surface area contributed by atoms with Gasteiger partial charge < -0.3 is 20.1 Å². The number of pyridine rings is 1. The third-order valence-electron chi connectivity index (χ3n) is 5.53. The van der Waals surface area contributed by atoms with Crippen molar-refractivity contribution in [1.82, 2.24) is 9.88 Å². The average Bonchev–Trinajstić information content (AvgIpc) is 2.85. The molecule has 1 aliphatic heterocycles. The van der Waals surface area contributed by atoms with Crippen molar-refractivity contribution >= 4 is 11.8 Å². The second kappa shape index (κ2) is 9.99. The molecule has 2 N–H and O–H groups in total. The van der Waals surface area contributed by atoms with Crippen LogP contribution < -0.4 is 15.2 Å². The van der Waals surface area contributed by atoms with Crippen LogP contribution in [0.4, 0.5) is 0 Å². The summed E-state index contributed by atoms with van der Waals surface area (Å²) in [5, 5.41) is 0. The minimum absolute atomic E-state index is 0.0664. The number of para-hydroxylation sites is 1. The number of benzene rings is 2. The molecule has 7 heteroatoms. The first kappa shape index (κ1) is 22.1. The molecule has 0 saturated carbocycles. The van der Waals surface area contributed by atoms with Crippen molar-refractivity contribution in [3.05, 3.63) is 90.6 Å². The lowest BCUT2D eigenvalue weighted by Crippen LogP contribution is -2.38. The van der Waals surface area contributed by atoms with E-state index in [2.05, 4.69) is 11.6 Å². The fraction of sp³-hybridized carbons (Fsp3) is 0.192. The van der Waals surface area contributed by atoms with Gasteiger partial charge in [0.2, 0.25) is 11.8 Å². The number of primary amides is 1. The Hall–Kier alpha value is -4.13. The Labute approximate surface area is 192 Å². The van der Waals surface area contributed by atoms with Crippen LogP contribution in [0.25, 0.3) is 0 Å². The van der Waals surface area contributed by atoms with Gasteiger partial charge in [0.05, 0.1) is 0 Å². The number of nitrogens with zero attached hydrogens (tertiary/aromatic N) is 2. The summed E-state index contributed by atoms with van der Waals surface area (Å²) in [5.74, 6) is 1.37. The van der Waals surface area contributed by atoms with Gasteiger partial charge >= 0.3 is 0 Å². The lowest BCUT2D eigenvalue weighted by Gasteiger charge is -2.32. The first-order valence-corrected chi connectivity index (χ1v) is 10.8. The number of nitrogens with two attached hydrogens (primary N) is 1. The lowest BCUT2D eigenvalue weighted by atomic mass is 9.91. The normalized spacial score (nSPS) is 15.5. The SMILES string of the molecule is C=CC(=O)N1CCCC(c2cnc(Oc3ccc(Oc4ccccc4)cc3)c(C(N)=O)c2)C1. The van der Waals surface area contributed by atoms with E-state index in [1.54, 1.807) is 41.4 Å². The second-order valence-corrected chi connectivity index (χ2v) is 7.80. The Balaban J connectivity index is 1.49. The maximum Gasteiger partial charge on any atom is 0.254 e. The summed E-state index contributed by atoms with van der Waals surface area (Å²) >= 11 is 0. The zero-order valence-electron chi connectivity index (χ0n) is 18.1. The molecule has 1 atom stereocenters. The van der Waals surface area contributed by atoms with Crippen LogP contribution in [0.1, 0.15) is 34.7 Å². The lowest BCUT2D eigenvalue weighted by molar-refractivity contribution is -0.127. The van der Waals surface area contributed by atoms with Gasteiger partial charge in [-0.05, 0) is 66.9 Å². The molecule has 4 rings (SSSR count). The smallest absolute Gasteiger partial charge is 0.254 e. The van der Waals surface area contributed by atoms with Crippen molar-refractivity contribution in [2.75, 3.05) is 13.1 Å². The number of hydrogen-bond donors (Lipinski definition) is 1. The predicted octanol–water partition coefficient (Wildman–Crippen LogP) is 4.66. The minimum Gasteiger partial charge on any atom is -0.457 e. The number of hydrogen-bond acceptors (Lipinski definition) is 5. The van der Waals surface area contributed by atoms with Crippen molar-refractivity contribution in [3.63, 3.8) is 0 Å². The highest BCUT2D eigenvalue weighted by molar-refractivity contribution is 5.95. The summed E-state index contributed by atoms with van der Waals surface area (Å²) in [7, 11) is 0. The quantitative estimate of drug-likeness (QED) is 0.536. The molecule has 0 aliphatic carbocycles. The molecule has 7 nitrogen and oxygen atoms in total. The first-order chi connectivity index (χ1) is 16.0. The maximum atomic E-state index is 12.1. The Bertz CT molecular complexity index is 1150. The molecule has 1 unspecified atom stereocenters. The van der Waals surface area contributed by atoms with Gasteiger partial charge in [-0.2, -0.15) is 0 Å². The number of aromatic nitrogens is 1. The van der Waals surface area contributed by atoms with Gasteiger partial charge in [0.1, 0.15) is 22.8 Å². The molecule has 33 heavy (non-hydrogen) atoms. The highest BCUT2D eigenvalue weighted by Crippen LogP contribution is 2.31. The van der Waals surface area contributed by atoms with E-state index in [0.717, 1.165) is 24.2 Å². The summed E-state index contributed by atoms with van der Waals surface area (Å²) in [6.45, 7) is 4.81. The van der Waals surface area contributed by atoms with E-state index in [1.165, 1.54) is 6.08 Å². The Kier molecular flexibility index (Phi) is 6.69. The molecule has 0 radical (unpaired) electrons. The van der Waals surface area contributed by atoms with E-state index >= 15 is 0 Å². The van der Waals surface area contributed by atoms with Crippen LogP contribution in [0, 0.1) is 0 Å². The summed E-state index contributed by atoms with van der Waals surface area (Å²) in [6, 6.07) is 18.2.